The number of benzene rings is 1. The van der Waals surface area contributed by atoms with Crippen molar-refractivity contribution in [3.63, 3.8) is 0 Å². The number of rotatable bonds is 9. The highest BCUT2D eigenvalue weighted by Crippen LogP contribution is 2.22. The summed E-state index contributed by atoms with van der Waals surface area (Å²) in [6.07, 6.45) is 0.904. The van der Waals surface area contributed by atoms with Crippen LogP contribution in [0.4, 0.5) is 0 Å². The summed E-state index contributed by atoms with van der Waals surface area (Å²) >= 11 is 0. The van der Waals surface area contributed by atoms with Gasteiger partial charge in [-0.3, -0.25) is 0 Å². The summed E-state index contributed by atoms with van der Waals surface area (Å²) < 4.78 is 31.8. The first-order valence-corrected chi connectivity index (χ1v) is 8.71. The number of hydrogen-bond acceptors (Lipinski definition) is 4. The Hall–Kier alpha value is -0.950. The SMILES string of the molecule is CCC(NC)c1cccc(S(=O)(=O)N(CC)CCOC)c1. The molecule has 6 heteroatoms. The quantitative estimate of drug-likeness (QED) is 0.757. The van der Waals surface area contributed by atoms with Crippen molar-refractivity contribution in [1.29, 1.82) is 0 Å². The lowest BCUT2D eigenvalue weighted by atomic mass is 10.1. The molecule has 120 valence electrons. The van der Waals surface area contributed by atoms with Crippen LogP contribution >= 0.6 is 0 Å². The van der Waals surface area contributed by atoms with E-state index in [9.17, 15) is 8.42 Å². The van der Waals surface area contributed by atoms with Crippen molar-refractivity contribution >= 4 is 10.0 Å². The van der Waals surface area contributed by atoms with Crippen molar-refractivity contribution in [2.75, 3.05) is 33.9 Å². The van der Waals surface area contributed by atoms with E-state index >= 15 is 0 Å². The minimum atomic E-state index is -3.47. The van der Waals surface area contributed by atoms with Crippen LogP contribution in [0.15, 0.2) is 29.2 Å². The molecule has 0 heterocycles. The highest BCUT2D eigenvalue weighted by Gasteiger charge is 2.23. The molecule has 0 aromatic heterocycles. The van der Waals surface area contributed by atoms with Gasteiger partial charge < -0.3 is 10.1 Å². The average molecular weight is 314 g/mol. The molecule has 21 heavy (non-hydrogen) atoms. The molecule has 0 aliphatic carbocycles. The van der Waals surface area contributed by atoms with Crippen LogP contribution in [0.1, 0.15) is 31.9 Å². The molecule has 1 N–H and O–H groups in total. The van der Waals surface area contributed by atoms with Crippen LogP contribution in [-0.2, 0) is 14.8 Å². The number of ether oxygens (including phenoxy) is 1. The summed E-state index contributed by atoms with van der Waals surface area (Å²) in [5.74, 6) is 0. The van der Waals surface area contributed by atoms with Crippen LogP contribution in [0.25, 0.3) is 0 Å². The van der Waals surface area contributed by atoms with Crippen LogP contribution in [0.3, 0.4) is 0 Å². The van der Waals surface area contributed by atoms with E-state index in [2.05, 4.69) is 12.2 Å². The zero-order valence-corrected chi connectivity index (χ0v) is 14.1. The molecule has 1 aromatic carbocycles. The van der Waals surface area contributed by atoms with Gasteiger partial charge in [0.25, 0.3) is 0 Å². The van der Waals surface area contributed by atoms with Gasteiger partial charge in [-0.25, -0.2) is 8.42 Å². The monoisotopic (exact) mass is 314 g/mol. The Morgan fingerprint density at radius 3 is 2.57 bits per heavy atom. The molecule has 0 spiro atoms. The van der Waals surface area contributed by atoms with Crippen LogP contribution in [-0.4, -0.2) is 46.6 Å². The molecule has 0 saturated heterocycles. The van der Waals surface area contributed by atoms with Gasteiger partial charge in [-0.2, -0.15) is 4.31 Å². The summed E-state index contributed by atoms with van der Waals surface area (Å²) in [7, 11) is -0.0198. The third-order valence-electron chi connectivity index (χ3n) is 3.55. The Morgan fingerprint density at radius 2 is 2.05 bits per heavy atom. The van der Waals surface area contributed by atoms with Crippen LogP contribution in [0, 0.1) is 0 Å². The smallest absolute Gasteiger partial charge is 0.243 e. The van der Waals surface area contributed by atoms with Gasteiger partial charge in [0.1, 0.15) is 0 Å². The molecule has 5 nitrogen and oxygen atoms in total. The van der Waals surface area contributed by atoms with Crippen LogP contribution < -0.4 is 5.32 Å². The highest BCUT2D eigenvalue weighted by molar-refractivity contribution is 7.89. The van der Waals surface area contributed by atoms with E-state index < -0.39 is 10.0 Å². The van der Waals surface area contributed by atoms with Crippen molar-refractivity contribution in [2.24, 2.45) is 0 Å². The molecular weight excluding hydrogens is 288 g/mol. The Kier molecular flexibility index (Phi) is 7.31. The van der Waals surface area contributed by atoms with Gasteiger partial charge in [-0.15, -0.1) is 0 Å². The molecule has 1 rings (SSSR count). The van der Waals surface area contributed by atoms with Gasteiger partial charge in [-0.1, -0.05) is 26.0 Å². The van der Waals surface area contributed by atoms with Gasteiger partial charge >= 0.3 is 0 Å². The fraction of sp³-hybridized carbons (Fsp3) is 0.600. The van der Waals surface area contributed by atoms with Gasteiger partial charge in [0.2, 0.25) is 10.0 Å². The summed E-state index contributed by atoms with van der Waals surface area (Å²) in [5.41, 5.74) is 0.990. The van der Waals surface area contributed by atoms with Crippen molar-refractivity contribution in [1.82, 2.24) is 9.62 Å². The Morgan fingerprint density at radius 1 is 1.33 bits per heavy atom. The zero-order chi connectivity index (χ0) is 15.9. The average Bonchev–Trinajstić information content (AvgIpc) is 2.49. The fourth-order valence-corrected chi connectivity index (χ4v) is 3.78. The lowest BCUT2D eigenvalue weighted by Gasteiger charge is -2.21. The maximum absolute atomic E-state index is 12.7. The van der Waals surface area contributed by atoms with E-state index in [1.165, 1.54) is 4.31 Å². The second-order valence-electron chi connectivity index (χ2n) is 4.81. The lowest BCUT2D eigenvalue weighted by Crippen LogP contribution is -2.33. The van der Waals surface area contributed by atoms with E-state index in [-0.39, 0.29) is 6.04 Å². The fourth-order valence-electron chi connectivity index (χ4n) is 2.29. The first-order chi connectivity index (χ1) is 10.0. The number of nitrogens with one attached hydrogen (secondary N) is 1. The number of hydrogen-bond donors (Lipinski definition) is 1. The Labute approximate surface area is 128 Å². The second kappa shape index (κ2) is 8.48. The number of methoxy groups -OCH3 is 1. The summed E-state index contributed by atoms with van der Waals surface area (Å²) in [4.78, 5) is 0.339. The molecule has 0 bridgehead atoms. The minimum absolute atomic E-state index is 0.161. The molecule has 1 aromatic rings. The first kappa shape index (κ1) is 18.1. The van der Waals surface area contributed by atoms with Gasteiger partial charge in [0.05, 0.1) is 11.5 Å². The number of nitrogens with zero attached hydrogens (tertiary/aromatic N) is 1. The third-order valence-corrected chi connectivity index (χ3v) is 5.52. The first-order valence-electron chi connectivity index (χ1n) is 7.27. The highest BCUT2D eigenvalue weighted by atomic mass is 32.2. The maximum Gasteiger partial charge on any atom is 0.243 e. The third kappa shape index (κ3) is 4.51. The Bertz CT molecular complexity index is 527. The van der Waals surface area contributed by atoms with Crippen LogP contribution in [0.2, 0.25) is 0 Å². The summed E-state index contributed by atoms with van der Waals surface area (Å²) in [5, 5.41) is 3.20. The van der Waals surface area contributed by atoms with Crippen molar-refractivity contribution in [2.45, 2.75) is 31.2 Å². The maximum atomic E-state index is 12.7. The van der Waals surface area contributed by atoms with Gasteiger partial charge in [-0.05, 0) is 31.2 Å². The van der Waals surface area contributed by atoms with Crippen LogP contribution in [0.5, 0.6) is 0 Å². The molecule has 1 unspecified atom stereocenters. The van der Waals surface area contributed by atoms with Crippen molar-refractivity contribution < 1.29 is 13.2 Å². The van der Waals surface area contributed by atoms with E-state index in [1.54, 1.807) is 25.3 Å². The molecule has 0 radical (unpaired) electrons. The van der Waals surface area contributed by atoms with E-state index in [0.29, 0.717) is 24.6 Å². The van der Waals surface area contributed by atoms with E-state index in [0.717, 1.165) is 12.0 Å². The molecule has 0 amide bonds. The molecule has 0 saturated carbocycles. The number of likely N-dealkylation sites (N-methyl/N-ethyl adjacent to an activating group) is 1. The molecule has 0 aliphatic rings. The largest absolute Gasteiger partial charge is 0.383 e. The lowest BCUT2D eigenvalue weighted by molar-refractivity contribution is 0.180. The Balaban J connectivity index is 3.10. The van der Waals surface area contributed by atoms with Gasteiger partial charge in [0.15, 0.2) is 0 Å². The van der Waals surface area contributed by atoms with E-state index in [4.69, 9.17) is 4.74 Å². The molecule has 1 atom stereocenters. The summed E-state index contributed by atoms with van der Waals surface area (Å²) in [6.45, 7) is 5.08. The predicted octanol–water partition coefficient (Wildman–Crippen LogP) is 2.01. The van der Waals surface area contributed by atoms with Gasteiger partial charge in [0, 0.05) is 26.2 Å². The topological polar surface area (TPSA) is 58.6 Å². The predicted molar refractivity (Wildman–Crippen MR) is 84.8 cm³/mol. The molecule has 0 aliphatic heterocycles. The standard InChI is InChI=1S/C15H26N2O3S/c1-5-15(16-3)13-8-7-9-14(12-13)21(18,19)17(6-2)10-11-20-4/h7-9,12,15-16H,5-6,10-11H2,1-4H3. The number of sulfonamides is 1. The molecular formula is C15H26N2O3S. The summed E-state index contributed by atoms with van der Waals surface area (Å²) in [6, 6.07) is 7.32. The van der Waals surface area contributed by atoms with Crippen molar-refractivity contribution in [3.05, 3.63) is 29.8 Å². The van der Waals surface area contributed by atoms with Crippen molar-refractivity contribution in [3.8, 4) is 0 Å². The molecule has 0 fully saturated rings. The minimum Gasteiger partial charge on any atom is -0.383 e. The zero-order valence-electron chi connectivity index (χ0n) is 13.3. The normalized spacial score (nSPS) is 13.6. The van der Waals surface area contributed by atoms with E-state index in [1.807, 2.05) is 20.0 Å². The second-order valence-corrected chi connectivity index (χ2v) is 6.75.